The van der Waals surface area contributed by atoms with Gasteiger partial charge in [-0.25, -0.2) is 4.98 Å². The highest BCUT2D eigenvalue weighted by atomic mass is 16.3. The van der Waals surface area contributed by atoms with Crippen molar-refractivity contribution < 1.29 is 5.11 Å². The lowest BCUT2D eigenvalue weighted by atomic mass is 10.4. The van der Waals surface area contributed by atoms with Gasteiger partial charge in [-0.1, -0.05) is 0 Å². The average molecular weight is 163 g/mol. The van der Waals surface area contributed by atoms with Crippen molar-refractivity contribution in [1.82, 2.24) is 9.38 Å². The number of aromatic hydroxyl groups is 1. The minimum absolute atomic E-state index is 0.178. The van der Waals surface area contributed by atoms with Gasteiger partial charge in [-0.3, -0.25) is 4.40 Å². The van der Waals surface area contributed by atoms with Gasteiger partial charge in [-0.15, -0.1) is 0 Å². The summed E-state index contributed by atoms with van der Waals surface area (Å²) in [4.78, 5) is 4.02. The molecule has 62 valence electrons. The second kappa shape index (κ2) is 2.49. The molecule has 0 saturated heterocycles. The van der Waals surface area contributed by atoms with Crippen molar-refractivity contribution in [3.63, 3.8) is 0 Å². The van der Waals surface area contributed by atoms with Gasteiger partial charge < -0.3 is 10.8 Å². The lowest BCUT2D eigenvalue weighted by molar-refractivity contribution is 0.477. The zero-order chi connectivity index (χ0) is 8.55. The number of nitrogens with two attached hydrogens (primary N) is 1. The van der Waals surface area contributed by atoms with Crippen LogP contribution in [0.25, 0.3) is 5.65 Å². The van der Waals surface area contributed by atoms with Gasteiger partial charge in [-0.2, -0.15) is 0 Å². The van der Waals surface area contributed by atoms with Gasteiger partial charge >= 0.3 is 0 Å². The van der Waals surface area contributed by atoms with Crippen LogP contribution >= 0.6 is 0 Å². The number of nitrogens with zero attached hydrogens (tertiary/aromatic N) is 2. The van der Waals surface area contributed by atoms with E-state index in [-0.39, 0.29) is 5.75 Å². The molecule has 4 heteroatoms. The lowest BCUT2D eigenvalue weighted by Crippen LogP contribution is -1.99. The van der Waals surface area contributed by atoms with Crippen LogP contribution in [0.2, 0.25) is 0 Å². The molecule has 0 amide bonds. The third-order valence-corrected chi connectivity index (χ3v) is 1.80. The highest BCUT2D eigenvalue weighted by Gasteiger charge is 2.03. The van der Waals surface area contributed by atoms with Crippen molar-refractivity contribution in [2.45, 2.75) is 6.54 Å². The molecule has 2 aromatic heterocycles. The molecule has 0 aliphatic heterocycles. The first-order valence-electron chi connectivity index (χ1n) is 3.67. The first kappa shape index (κ1) is 7.12. The molecular formula is C8H9N3O. The molecule has 0 saturated carbocycles. The fourth-order valence-electron chi connectivity index (χ4n) is 1.20. The first-order valence-corrected chi connectivity index (χ1v) is 3.67. The molecule has 2 heterocycles. The van der Waals surface area contributed by atoms with E-state index in [1.165, 1.54) is 0 Å². The third kappa shape index (κ3) is 0.853. The largest absolute Gasteiger partial charge is 0.504 e. The summed E-state index contributed by atoms with van der Waals surface area (Å²) < 4.78 is 1.77. The number of fused-ring (bicyclic) bond motifs is 1. The number of imidazole rings is 1. The number of hydrogen-bond donors (Lipinski definition) is 2. The van der Waals surface area contributed by atoms with Gasteiger partial charge in [0.15, 0.2) is 11.4 Å². The quantitative estimate of drug-likeness (QED) is 0.643. The Labute approximate surface area is 69.3 Å². The van der Waals surface area contributed by atoms with Gasteiger partial charge in [0.1, 0.15) is 0 Å². The molecule has 3 N–H and O–H groups in total. The van der Waals surface area contributed by atoms with Crippen LogP contribution in [0.1, 0.15) is 5.69 Å². The predicted octanol–water partition coefficient (Wildman–Crippen LogP) is 0.499. The third-order valence-electron chi connectivity index (χ3n) is 1.80. The average Bonchev–Trinajstić information content (AvgIpc) is 2.49. The zero-order valence-electron chi connectivity index (χ0n) is 6.44. The Morgan fingerprint density at radius 1 is 1.58 bits per heavy atom. The van der Waals surface area contributed by atoms with Crippen LogP contribution in [0.5, 0.6) is 5.75 Å². The molecule has 0 radical (unpaired) electrons. The standard InChI is InChI=1S/C8H9N3O/c9-4-6-5-10-8-7(12)2-1-3-11(6)8/h1-3,5,12H,4,9H2. The number of rotatable bonds is 1. The molecule has 0 aliphatic carbocycles. The van der Waals surface area contributed by atoms with Crippen molar-refractivity contribution in [2.24, 2.45) is 5.73 Å². The minimum Gasteiger partial charge on any atom is -0.504 e. The molecule has 4 nitrogen and oxygen atoms in total. The molecule has 0 aromatic carbocycles. The minimum atomic E-state index is 0.178. The van der Waals surface area contributed by atoms with Crippen LogP contribution < -0.4 is 5.73 Å². The summed E-state index contributed by atoms with van der Waals surface area (Å²) in [5.74, 6) is 0.178. The second-order valence-corrected chi connectivity index (χ2v) is 2.54. The lowest BCUT2D eigenvalue weighted by Gasteiger charge is -1.98. The summed E-state index contributed by atoms with van der Waals surface area (Å²) >= 11 is 0. The van der Waals surface area contributed by atoms with Crippen molar-refractivity contribution in [1.29, 1.82) is 0 Å². The monoisotopic (exact) mass is 163 g/mol. The predicted molar refractivity (Wildman–Crippen MR) is 44.7 cm³/mol. The second-order valence-electron chi connectivity index (χ2n) is 2.54. The molecule has 0 bridgehead atoms. The fourth-order valence-corrected chi connectivity index (χ4v) is 1.20. The molecular weight excluding hydrogens is 154 g/mol. The molecule has 12 heavy (non-hydrogen) atoms. The Morgan fingerprint density at radius 2 is 2.42 bits per heavy atom. The SMILES string of the molecule is NCc1cnc2c(O)cccn12. The van der Waals surface area contributed by atoms with E-state index in [2.05, 4.69) is 4.98 Å². The molecule has 0 unspecified atom stereocenters. The zero-order valence-corrected chi connectivity index (χ0v) is 6.44. The molecule has 0 aliphatic rings. The van der Waals surface area contributed by atoms with E-state index in [4.69, 9.17) is 5.73 Å². The number of hydrogen-bond acceptors (Lipinski definition) is 3. The number of pyridine rings is 1. The van der Waals surface area contributed by atoms with E-state index >= 15 is 0 Å². The van der Waals surface area contributed by atoms with Crippen molar-refractivity contribution in [2.75, 3.05) is 0 Å². The maximum Gasteiger partial charge on any atom is 0.179 e. The first-order chi connectivity index (χ1) is 5.83. The summed E-state index contributed by atoms with van der Waals surface area (Å²) in [5.41, 5.74) is 6.91. The highest BCUT2D eigenvalue weighted by Crippen LogP contribution is 2.16. The van der Waals surface area contributed by atoms with Crippen LogP contribution in [0.15, 0.2) is 24.5 Å². The van der Waals surface area contributed by atoms with E-state index in [1.54, 1.807) is 22.7 Å². The van der Waals surface area contributed by atoms with Gasteiger partial charge in [0, 0.05) is 12.7 Å². The summed E-state index contributed by atoms with van der Waals surface area (Å²) in [5, 5.41) is 9.36. The Bertz CT molecular complexity index is 408. The van der Waals surface area contributed by atoms with E-state index in [1.807, 2.05) is 6.20 Å². The van der Waals surface area contributed by atoms with Gasteiger partial charge in [0.25, 0.3) is 0 Å². The smallest absolute Gasteiger partial charge is 0.179 e. The normalized spacial score (nSPS) is 10.8. The van der Waals surface area contributed by atoms with E-state index in [0.29, 0.717) is 12.2 Å². The Morgan fingerprint density at radius 3 is 3.17 bits per heavy atom. The summed E-state index contributed by atoms with van der Waals surface area (Å²) in [6.07, 6.45) is 3.49. The maximum absolute atomic E-state index is 9.36. The van der Waals surface area contributed by atoms with Crippen LogP contribution in [-0.4, -0.2) is 14.5 Å². The summed E-state index contributed by atoms with van der Waals surface area (Å²) in [6, 6.07) is 3.35. The maximum atomic E-state index is 9.36. The van der Waals surface area contributed by atoms with E-state index in [9.17, 15) is 5.11 Å². The Hall–Kier alpha value is -1.55. The van der Waals surface area contributed by atoms with Crippen molar-refractivity contribution in [3.05, 3.63) is 30.2 Å². The van der Waals surface area contributed by atoms with Crippen molar-refractivity contribution >= 4 is 5.65 Å². The highest BCUT2D eigenvalue weighted by molar-refractivity contribution is 5.53. The topological polar surface area (TPSA) is 63.5 Å². The van der Waals surface area contributed by atoms with Crippen molar-refractivity contribution in [3.8, 4) is 5.75 Å². The van der Waals surface area contributed by atoms with Gasteiger partial charge in [0.05, 0.1) is 11.9 Å². The summed E-state index contributed by atoms with van der Waals surface area (Å²) in [7, 11) is 0. The van der Waals surface area contributed by atoms with Gasteiger partial charge in [-0.05, 0) is 12.1 Å². The van der Waals surface area contributed by atoms with Gasteiger partial charge in [0.2, 0.25) is 0 Å². The molecule has 0 spiro atoms. The van der Waals surface area contributed by atoms with Crippen LogP contribution in [0.4, 0.5) is 0 Å². The van der Waals surface area contributed by atoms with Crippen LogP contribution in [-0.2, 0) is 6.54 Å². The van der Waals surface area contributed by atoms with E-state index < -0.39 is 0 Å². The molecule has 0 atom stereocenters. The van der Waals surface area contributed by atoms with E-state index in [0.717, 1.165) is 5.69 Å². The fraction of sp³-hybridized carbons (Fsp3) is 0.125. The number of aromatic nitrogens is 2. The summed E-state index contributed by atoms with van der Waals surface area (Å²) in [6.45, 7) is 0.421. The molecule has 0 fully saturated rings. The Kier molecular flexibility index (Phi) is 1.48. The molecule has 2 rings (SSSR count). The molecule has 2 aromatic rings. The van der Waals surface area contributed by atoms with Crippen LogP contribution in [0, 0.1) is 0 Å². The van der Waals surface area contributed by atoms with Crippen LogP contribution in [0.3, 0.4) is 0 Å². The Balaban J connectivity index is 2.80.